The van der Waals surface area contributed by atoms with Gasteiger partial charge >= 0.3 is 0 Å². The van der Waals surface area contributed by atoms with Gasteiger partial charge in [0.1, 0.15) is 18.2 Å². The number of halogens is 1. The number of nitrogen functional groups attached to an aromatic ring is 1. The molecule has 0 saturated carbocycles. The van der Waals surface area contributed by atoms with Crippen LogP contribution < -0.4 is 21.7 Å². The summed E-state index contributed by atoms with van der Waals surface area (Å²) in [5.41, 5.74) is 11.7. The van der Waals surface area contributed by atoms with Crippen molar-refractivity contribution in [3.8, 4) is 0 Å². The molecule has 2 aliphatic heterocycles. The molecule has 5 N–H and O–H groups in total. The first-order valence-corrected chi connectivity index (χ1v) is 5.52. The molecule has 0 bridgehead atoms. The van der Waals surface area contributed by atoms with E-state index in [-0.39, 0.29) is 18.8 Å². The number of hydrogen-bond donors (Lipinski definition) is 4. The fourth-order valence-corrected chi connectivity index (χ4v) is 2.09. The Kier molecular flexibility index (Phi) is 2.65. The molecule has 0 unspecified atom stereocenters. The van der Waals surface area contributed by atoms with E-state index < -0.39 is 18.5 Å². The van der Waals surface area contributed by atoms with Crippen molar-refractivity contribution in [2.75, 3.05) is 22.8 Å². The van der Waals surface area contributed by atoms with E-state index in [2.05, 4.69) is 20.9 Å². The normalized spacial score (nSPS) is 30.3. The molecule has 0 amide bonds. The maximum Gasteiger partial charge on any atom is 0.179 e. The van der Waals surface area contributed by atoms with Gasteiger partial charge in [-0.2, -0.15) is 0 Å². The zero-order valence-corrected chi connectivity index (χ0v) is 9.38. The molecule has 0 aliphatic carbocycles. The summed E-state index contributed by atoms with van der Waals surface area (Å²) < 4.78 is 19.3. The molecule has 0 aromatic carbocycles. The van der Waals surface area contributed by atoms with Crippen LogP contribution in [-0.4, -0.2) is 40.2 Å². The minimum absolute atomic E-state index is 0.148. The lowest BCUT2D eigenvalue weighted by molar-refractivity contribution is -0.00274. The van der Waals surface area contributed by atoms with Crippen LogP contribution in [0.4, 0.5) is 21.7 Å². The van der Waals surface area contributed by atoms with E-state index in [1.54, 1.807) is 0 Å². The summed E-state index contributed by atoms with van der Waals surface area (Å²) in [5, 5.41) is 10.4. The lowest BCUT2D eigenvalue weighted by atomic mass is 10.2. The Morgan fingerprint density at radius 2 is 2.44 bits per heavy atom. The lowest BCUT2D eigenvalue weighted by Crippen LogP contribution is -2.48. The second kappa shape index (κ2) is 4.19. The van der Waals surface area contributed by atoms with Crippen LogP contribution in [0.3, 0.4) is 0 Å². The highest BCUT2D eigenvalue weighted by Gasteiger charge is 2.42. The summed E-state index contributed by atoms with van der Waals surface area (Å²) in [4.78, 5) is 7.86. The molecule has 9 heteroatoms. The van der Waals surface area contributed by atoms with Gasteiger partial charge in [-0.25, -0.2) is 19.4 Å². The lowest BCUT2D eigenvalue weighted by Gasteiger charge is -2.25. The number of fused-ring (bicyclic) bond motifs is 1. The number of hydrogen-bond acceptors (Lipinski definition) is 8. The van der Waals surface area contributed by atoms with Crippen molar-refractivity contribution in [3.63, 3.8) is 0 Å². The van der Waals surface area contributed by atoms with Gasteiger partial charge in [-0.1, -0.05) is 0 Å². The standard InChI is InChI=1S/C9H13FN6O2/c10-5-1-4(2-17)18-9(5)16-8-6(14-15-16)7(11)12-3-13-8/h3-5,9,14-15,17H,1-2H2,(H2,11,12,13)/t4-,5-,9+/m0/s1. The summed E-state index contributed by atoms with van der Waals surface area (Å²) in [6.07, 6.45) is -1.14. The van der Waals surface area contributed by atoms with Gasteiger partial charge in [0.15, 0.2) is 17.9 Å². The third-order valence-electron chi connectivity index (χ3n) is 2.97. The maximum atomic E-state index is 13.9. The van der Waals surface area contributed by atoms with Gasteiger partial charge in [0.2, 0.25) is 0 Å². The van der Waals surface area contributed by atoms with E-state index in [9.17, 15) is 4.39 Å². The van der Waals surface area contributed by atoms with E-state index in [1.165, 1.54) is 11.3 Å². The number of ether oxygens (including phenoxy) is 1. The van der Waals surface area contributed by atoms with Crippen LogP contribution in [0.1, 0.15) is 6.42 Å². The molecular formula is C9H13FN6O2. The average Bonchev–Trinajstić information content (AvgIpc) is 2.93. The fraction of sp³-hybridized carbons (Fsp3) is 0.556. The smallest absolute Gasteiger partial charge is 0.179 e. The first kappa shape index (κ1) is 11.4. The Balaban J connectivity index is 1.86. The molecule has 8 nitrogen and oxygen atoms in total. The Labute approximate surface area is 102 Å². The van der Waals surface area contributed by atoms with Crippen LogP contribution >= 0.6 is 0 Å². The third-order valence-corrected chi connectivity index (χ3v) is 2.97. The molecule has 1 aromatic rings. The number of rotatable bonds is 2. The summed E-state index contributed by atoms with van der Waals surface area (Å²) in [6, 6.07) is 0. The monoisotopic (exact) mass is 256 g/mol. The molecule has 3 heterocycles. The van der Waals surface area contributed by atoms with E-state index in [1.807, 2.05) is 0 Å². The van der Waals surface area contributed by atoms with Crippen molar-refractivity contribution in [2.24, 2.45) is 0 Å². The number of nitrogens with two attached hydrogens (primary N) is 1. The van der Waals surface area contributed by atoms with E-state index in [4.69, 9.17) is 15.6 Å². The summed E-state index contributed by atoms with van der Waals surface area (Å²) in [6.45, 7) is -0.211. The Morgan fingerprint density at radius 1 is 1.61 bits per heavy atom. The minimum Gasteiger partial charge on any atom is -0.394 e. The molecule has 2 aliphatic rings. The fourth-order valence-electron chi connectivity index (χ4n) is 2.09. The van der Waals surface area contributed by atoms with Crippen LogP contribution in [0.25, 0.3) is 0 Å². The molecular weight excluding hydrogens is 243 g/mol. The number of aliphatic hydroxyl groups is 1. The Morgan fingerprint density at radius 3 is 3.17 bits per heavy atom. The summed E-state index contributed by atoms with van der Waals surface area (Å²) >= 11 is 0. The third kappa shape index (κ3) is 1.64. The average molecular weight is 256 g/mol. The summed E-state index contributed by atoms with van der Waals surface area (Å²) in [5.74, 6) is 0.691. The van der Waals surface area contributed by atoms with E-state index in [0.29, 0.717) is 11.5 Å². The number of nitrogens with one attached hydrogen (secondary N) is 2. The predicted octanol–water partition coefficient (Wildman–Crippen LogP) is -0.844. The van der Waals surface area contributed by atoms with Crippen molar-refractivity contribution >= 4 is 17.3 Å². The molecule has 18 heavy (non-hydrogen) atoms. The molecule has 1 saturated heterocycles. The molecule has 3 atom stereocenters. The van der Waals surface area contributed by atoms with Crippen LogP contribution in [0, 0.1) is 0 Å². The molecule has 0 spiro atoms. The van der Waals surface area contributed by atoms with Crippen LogP contribution in [-0.2, 0) is 4.74 Å². The quantitative estimate of drug-likeness (QED) is 0.542. The van der Waals surface area contributed by atoms with E-state index in [0.717, 1.165) is 0 Å². The number of aliphatic hydroxyl groups excluding tert-OH is 1. The zero-order valence-electron chi connectivity index (χ0n) is 9.38. The number of nitrogens with zero attached hydrogens (tertiary/aromatic N) is 3. The predicted molar refractivity (Wildman–Crippen MR) is 60.9 cm³/mol. The second-order valence-corrected chi connectivity index (χ2v) is 4.15. The molecule has 98 valence electrons. The highest BCUT2D eigenvalue weighted by atomic mass is 19.1. The highest BCUT2D eigenvalue weighted by molar-refractivity contribution is 5.78. The van der Waals surface area contributed by atoms with Gasteiger partial charge in [-0.05, 0) is 0 Å². The van der Waals surface area contributed by atoms with Crippen molar-refractivity contribution in [1.82, 2.24) is 15.5 Å². The molecule has 1 fully saturated rings. The van der Waals surface area contributed by atoms with Crippen molar-refractivity contribution in [3.05, 3.63) is 6.33 Å². The van der Waals surface area contributed by atoms with Gasteiger partial charge in [-0.15, -0.1) is 5.53 Å². The minimum atomic E-state index is -1.22. The van der Waals surface area contributed by atoms with Crippen molar-refractivity contribution in [2.45, 2.75) is 24.9 Å². The molecule has 1 aromatic heterocycles. The van der Waals surface area contributed by atoms with Crippen molar-refractivity contribution < 1.29 is 14.2 Å². The van der Waals surface area contributed by atoms with Crippen LogP contribution in [0.15, 0.2) is 6.33 Å². The van der Waals surface area contributed by atoms with Gasteiger partial charge in [0, 0.05) is 6.42 Å². The molecule has 3 rings (SSSR count). The second-order valence-electron chi connectivity index (χ2n) is 4.15. The topological polar surface area (TPSA) is 109 Å². The summed E-state index contributed by atoms with van der Waals surface area (Å²) in [7, 11) is 0. The first-order valence-electron chi connectivity index (χ1n) is 5.52. The molecule has 0 radical (unpaired) electrons. The number of hydrazine groups is 2. The number of anilines is 3. The largest absolute Gasteiger partial charge is 0.394 e. The highest BCUT2D eigenvalue weighted by Crippen LogP contribution is 2.35. The van der Waals surface area contributed by atoms with Crippen LogP contribution in [0.2, 0.25) is 0 Å². The Hall–Kier alpha value is -1.71. The van der Waals surface area contributed by atoms with Gasteiger partial charge in [0.05, 0.1) is 12.7 Å². The first-order chi connectivity index (χ1) is 8.70. The van der Waals surface area contributed by atoms with Crippen molar-refractivity contribution in [1.29, 1.82) is 0 Å². The van der Waals surface area contributed by atoms with E-state index >= 15 is 0 Å². The van der Waals surface area contributed by atoms with Crippen LogP contribution in [0.5, 0.6) is 0 Å². The SMILES string of the molecule is Nc1ncnc2c1NNN2[C@@H]1O[C@H](CO)C[C@@H]1F. The maximum absolute atomic E-state index is 13.9. The van der Waals surface area contributed by atoms with Gasteiger partial charge in [-0.3, -0.25) is 5.43 Å². The van der Waals surface area contributed by atoms with Gasteiger partial charge < -0.3 is 15.6 Å². The number of aromatic nitrogens is 2. The van der Waals surface area contributed by atoms with Gasteiger partial charge in [0.25, 0.3) is 0 Å². The zero-order chi connectivity index (χ0) is 12.7. The Bertz CT molecular complexity index is 461. The number of alkyl halides is 1.